The van der Waals surface area contributed by atoms with Crippen LogP contribution in [0.2, 0.25) is 0 Å². The zero-order valence-corrected chi connectivity index (χ0v) is 16.1. The lowest BCUT2D eigenvalue weighted by Crippen LogP contribution is -2.29. The van der Waals surface area contributed by atoms with E-state index in [0.717, 1.165) is 32.1 Å². The summed E-state index contributed by atoms with van der Waals surface area (Å²) >= 11 is 0. The lowest BCUT2D eigenvalue weighted by Gasteiger charge is -2.29. The number of rotatable bonds is 13. The zero-order chi connectivity index (χ0) is 18.5. The van der Waals surface area contributed by atoms with Crippen molar-refractivity contribution in [3.63, 3.8) is 0 Å². The van der Waals surface area contributed by atoms with Gasteiger partial charge in [-0.3, -0.25) is 9.59 Å². The van der Waals surface area contributed by atoms with Crippen molar-refractivity contribution >= 4 is 11.7 Å². The minimum absolute atomic E-state index is 0.0211. The summed E-state index contributed by atoms with van der Waals surface area (Å²) in [6.45, 7) is 7.66. The second kappa shape index (κ2) is 13.3. The van der Waals surface area contributed by atoms with E-state index in [2.05, 4.69) is 19.2 Å². The van der Waals surface area contributed by atoms with Gasteiger partial charge in [-0.15, -0.1) is 0 Å². The van der Waals surface area contributed by atoms with Crippen LogP contribution >= 0.6 is 0 Å². The van der Waals surface area contributed by atoms with E-state index in [1.807, 2.05) is 0 Å². The number of nitrogens with one attached hydrogen (secondary N) is 1. The second-order valence-corrected chi connectivity index (χ2v) is 6.97. The Morgan fingerprint density at radius 3 is 2.32 bits per heavy atom. The predicted octanol–water partition coefficient (Wildman–Crippen LogP) is 2.63. The fraction of sp³-hybridized carbons (Fsp3) is 0.895. The van der Waals surface area contributed by atoms with Gasteiger partial charge in [0.15, 0.2) is 0 Å². The highest BCUT2D eigenvalue weighted by Gasteiger charge is 2.22. The van der Waals surface area contributed by atoms with Gasteiger partial charge in [0.2, 0.25) is 5.91 Å². The van der Waals surface area contributed by atoms with E-state index in [1.165, 1.54) is 6.92 Å². The Kier molecular flexibility index (Phi) is 11.7. The van der Waals surface area contributed by atoms with E-state index in [9.17, 15) is 9.59 Å². The average molecular weight is 357 g/mol. The van der Waals surface area contributed by atoms with Crippen LogP contribution in [0.4, 0.5) is 0 Å². The molecule has 0 spiro atoms. The number of hydrogen-bond acceptors (Lipinski definition) is 5. The minimum atomic E-state index is 0.0211. The first-order valence-corrected chi connectivity index (χ1v) is 9.58. The summed E-state index contributed by atoms with van der Waals surface area (Å²) in [6.07, 6.45) is 6.83. The van der Waals surface area contributed by atoms with Crippen molar-refractivity contribution in [2.24, 2.45) is 0 Å². The highest BCUT2D eigenvalue weighted by Crippen LogP contribution is 2.24. The molecule has 1 amide bonds. The Balaban J connectivity index is 1.92. The minimum Gasteiger partial charge on any atom is -0.379 e. The molecule has 0 radical (unpaired) electrons. The van der Waals surface area contributed by atoms with Crippen LogP contribution in [0.15, 0.2) is 0 Å². The molecule has 1 aliphatic carbocycles. The van der Waals surface area contributed by atoms with E-state index in [4.69, 9.17) is 14.2 Å². The molecule has 25 heavy (non-hydrogen) atoms. The van der Waals surface area contributed by atoms with E-state index in [0.29, 0.717) is 57.5 Å². The Hall–Kier alpha value is -0.980. The van der Waals surface area contributed by atoms with Gasteiger partial charge in [0, 0.05) is 26.0 Å². The number of hydrogen-bond donors (Lipinski definition) is 1. The normalized spacial score (nSPS) is 20.6. The van der Waals surface area contributed by atoms with Crippen LogP contribution in [-0.4, -0.2) is 56.4 Å². The number of Topliss-reactive ketones (excluding diaryl/α,β-unsaturated/α-hetero) is 1. The summed E-state index contributed by atoms with van der Waals surface area (Å²) in [5, 5.41) is 2.81. The number of ether oxygens (including phenoxy) is 3. The van der Waals surface area contributed by atoms with Crippen molar-refractivity contribution < 1.29 is 23.8 Å². The molecular weight excluding hydrogens is 322 g/mol. The summed E-state index contributed by atoms with van der Waals surface area (Å²) in [6, 6.07) is 0. The van der Waals surface area contributed by atoms with Crippen molar-refractivity contribution in [3.05, 3.63) is 0 Å². The molecule has 0 saturated heterocycles. The Bertz CT molecular complexity index is 378. The lowest BCUT2D eigenvalue weighted by atomic mass is 9.95. The zero-order valence-electron chi connectivity index (χ0n) is 16.1. The summed E-state index contributed by atoms with van der Waals surface area (Å²) in [7, 11) is 0. The second-order valence-electron chi connectivity index (χ2n) is 6.97. The van der Waals surface area contributed by atoms with Crippen LogP contribution in [0.1, 0.15) is 65.7 Å². The van der Waals surface area contributed by atoms with Crippen LogP contribution < -0.4 is 5.32 Å². The standard InChI is InChI=1S/C19H35NO5/c1-15(2)25-18-8-6-17(7-9-18)24-12-4-5-19(22)20-11-14-23-13-10-16(3)21/h15,17-18H,4-14H2,1-3H3,(H,20,22). The molecule has 0 atom stereocenters. The third-order valence-corrected chi connectivity index (χ3v) is 4.15. The Morgan fingerprint density at radius 2 is 1.68 bits per heavy atom. The maximum absolute atomic E-state index is 11.7. The summed E-state index contributed by atoms with van der Waals surface area (Å²) in [5.41, 5.74) is 0. The fourth-order valence-corrected chi connectivity index (χ4v) is 2.87. The van der Waals surface area contributed by atoms with Crippen molar-refractivity contribution in [1.29, 1.82) is 0 Å². The van der Waals surface area contributed by atoms with E-state index >= 15 is 0 Å². The molecule has 0 aromatic carbocycles. The van der Waals surface area contributed by atoms with Gasteiger partial charge in [0.1, 0.15) is 5.78 Å². The maximum Gasteiger partial charge on any atom is 0.220 e. The number of ketones is 1. The van der Waals surface area contributed by atoms with Crippen LogP contribution in [0.25, 0.3) is 0 Å². The Labute approximate surface area is 152 Å². The van der Waals surface area contributed by atoms with E-state index in [-0.39, 0.29) is 11.7 Å². The molecule has 6 nitrogen and oxygen atoms in total. The Morgan fingerprint density at radius 1 is 1.00 bits per heavy atom. The first-order valence-electron chi connectivity index (χ1n) is 9.58. The first kappa shape index (κ1) is 22.1. The van der Waals surface area contributed by atoms with Crippen molar-refractivity contribution in [2.45, 2.75) is 84.0 Å². The van der Waals surface area contributed by atoms with Crippen LogP contribution in [0, 0.1) is 0 Å². The summed E-state index contributed by atoms with van der Waals surface area (Å²) < 4.78 is 17.0. The van der Waals surface area contributed by atoms with Gasteiger partial charge in [-0.2, -0.15) is 0 Å². The smallest absolute Gasteiger partial charge is 0.220 e. The molecule has 0 aromatic heterocycles. The molecule has 1 rings (SSSR count). The van der Waals surface area contributed by atoms with Crippen molar-refractivity contribution in [1.82, 2.24) is 5.32 Å². The molecule has 1 aliphatic rings. The number of carbonyl (C=O) groups excluding carboxylic acids is 2. The first-order chi connectivity index (χ1) is 12.0. The van der Waals surface area contributed by atoms with Gasteiger partial charge >= 0.3 is 0 Å². The monoisotopic (exact) mass is 357 g/mol. The predicted molar refractivity (Wildman–Crippen MR) is 96.6 cm³/mol. The van der Waals surface area contributed by atoms with Crippen molar-refractivity contribution in [3.8, 4) is 0 Å². The van der Waals surface area contributed by atoms with Gasteiger partial charge in [-0.25, -0.2) is 0 Å². The molecule has 0 aliphatic heterocycles. The number of amides is 1. The van der Waals surface area contributed by atoms with Crippen molar-refractivity contribution in [2.75, 3.05) is 26.4 Å². The van der Waals surface area contributed by atoms with Gasteiger partial charge in [-0.1, -0.05) is 0 Å². The fourth-order valence-electron chi connectivity index (χ4n) is 2.87. The van der Waals surface area contributed by atoms with E-state index < -0.39 is 0 Å². The van der Waals surface area contributed by atoms with Crippen LogP contribution in [0.5, 0.6) is 0 Å². The van der Waals surface area contributed by atoms with Gasteiger partial charge in [0.05, 0.1) is 31.5 Å². The van der Waals surface area contributed by atoms with Gasteiger partial charge < -0.3 is 19.5 Å². The summed E-state index contributed by atoms with van der Waals surface area (Å²) in [5.74, 6) is 0.137. The molecular formula is C19H35NO5. The maximum atomic E-state index is 11.7. The molecule has 0 bridgehead atoms. The van der Waals surface area contributed by atoms with Gasteiger partial charge in [0.25, 0.3) is 0 Å². The van der Waals surface area contributed by atoms with E-state index in [1.54, 1.807) is 0 Å². The molecule has 0 heterocycles. The molecule has 1 N–H and O–H groups in total. The molecule has 146 valence electrons. The van der Waals surface area contributed by atoms with Crippen LogP contribution in [0.3, 0.4) is 0 Å². The van der Waals surface area contributed by atoms with Crippen LogP contribution in [-0.2, 0) is 23.8 Å². The third kappa shape index (κ3) is 12.1. The largest absolute Gasteiger partial charge is 0.379 e. The quantitative estimate of drug-likeness (QED) is 0.513. The molecule has 1 fully saturated rings. The SMILES string of the molecule is CC(=O)CCOCCNC(=O)CCCOC1CCC(OC(C)C)CC1. The topological polar surface area (TPSA) is 73.9 Å². The lowest BCUT2D eigenvalue weighted by molar-refractivity contribution is -0.122. The molecule has 6 heteroatoms. The molecule has 1 saturated carbocycles. The summed E-state index contributed by atoms with van der Waals surface area (Å²) in [4.78, 5) is 22.4. The van der Waals surface area contributed by atoms with Gasteiger partial charge in [-0.05, 0) is 52.9 Å². The molecule has 0 aromatic rings. The highest BCUT2D eigenvalue weighted by molar-refractivity contribution is 5.76. The number of carbonyl (C=O) groups is 2. The highest BCUT2D eigenvalue weighted by atomic mass is 16.5. The average Bonchev–Trinajstić information content (AvgIpc) is 2.55. The third-order valence-electron chi connectivity index (χ3n) is 4.15. The molecule has 0 unspecified atom stereocenters.